The molecule has 5 rings (SSSR count). The van der Waals surface area contributed by atoms with Crippen LogP contribution >= 0.6 is 0 Å². The maximum atomic E-state index is 13.1. The molecule has 7 heteroatoms. The van der Waals surface area contributed by atoms with E-state index >= 15 is 0 Å². The number of hydrogen-bond donors (Lipinski definition) is 1. The zero-order valence-corrected chi connectivity index (χ0v) is 14.8. The highest BCUT2D eigenvalue weighted by Crippen LogP contribution is 2.30. The Bertz CT molecular complexity index is 671. The van der Waals surface area contributed by atoms with Crippen molar-refractivity contribution in [1.29, 1.82) is 0 Å². The average molecular weight is 346 g/mol. The SMILES string of the molecule is COCCN1C(=O)[C@@H]2CC[C@H]1CN(C(=O)c1n[nH]c3c1CCCC3)C2. The molecule has 1 N–H and O–H groups in total. The van der Waals surface area contributed by atoms with E-state index in [4.69, 9.17) is 4.74 Å². The highest BCUT2D eigenvalue weighted by atomic mass is 16.5. The lowest BCUT2D eigenvalue weighted by atomic mass is 9.94. The minimum absolute atomic E-state index is 0.0160. The van der Waals surface area contributed by atoms with Crippen LogP contribution in [0, 0.1) is 5.92 Å². The number of aromatic nitrogens is 2. The third kappa shape index (κ3) is 2.94. The zero-order valence-electron chi connectivity index (χ0n) is 14.8. The van der Waals surface area contributed by atoms with Crippen LogP contribution in [0.2, 0.25) is 0 Å². The second-order valence-corrected chi connectivity index (χ2v) is 7.40. The summed E-state index contributed by atoms with van der Waals surface area (Å²) in [5.41, 5.74) is 2.78. The summed E-state index contributed by atoms with van der Waals surface area (Å²) < 4.78 is 5.15. The molecule has 0 unspecified atom stereocenters. The van der Waals surface area contributed by atoms with Gasteiger partial charge in [0.2, 0.25) is 5.91 Å². The Labute approximate surface area is 147 Å². The third-order valence-corrected chi connectivity index (χ3v) is 5.88. The fourth-order valence-corrected chi connectivity index (χ4v) is 4.50. The van der Waals surface area contributed by atoms with Crippen molar-refractivity contribution in [2.24, 2.45) is 5.92 Å². The number of nitrogens with zero attached hydrogens (tertiary/aromatic N) is 3. The van der Waals surface area contributed by atoms with Crippen molar-refractivity contribution in [3.05, 3.63) is 17.0 Å². The van der Waals surface area contributed by atoms with E-state index in [1.54, 1.807) is 7.11 Å². The summed E-state index contributed by atoms with van der Waals surface area (Å²) in [5, 5.41) is 7.38. The maximum absolute atomic E-state index is 13.1. The van der Waals surface area contributed by atoms with Gasteiger partial charge >= 0.3 is 0 Å². The molecule has 0 spiro atoms. The number of nitrogens with one attached hydrogen (secondary N) is 1. The van der Waals surface area contributed by atoms with Crippen LogP contribution in [0.3, 0.4) is 0 Å². The van der Waals surface area contributed by atoms with Crippen LogP contribution in [0.4, 0.5) is 0 Å². The molecule has 0 radical (unpaired) electrons. The fraction of sp³-hybridized carbons (Fsp3) is 0.722. The fourth-order valence-electron chi connectivity index (χ4n) is 4.50. The van der Waals surface area contributed by atoms with E-state index in [2.05, 4.69) is 10.2 Å². The minimum Gasteiger partial charge on any atom is -0.383 e. The number of piperidine rings is 1. The van der Waals surface area contributed by atoms with Gasteiger partial charge in [-0.2, -0.15) is 5.10 Å². The van der Waals surface area contributed by atoms with E-state index in [9.17, 15) is 9.59 Å². The Morgan fingerprint density at radius 2 is 2.12 bits per heavy atom. The summed E-state index contributed by atoms with van der Waals surface area (Å²) in [4.78, 5) is 29.6. The van der Waals surface area contributed by atoms with Crippen LogP contribution in [0.15, 0.2) is 0 Å². The largest absolute Gasteiger partial charge is 0.383 e. The number of rotatable bonds is 4. The Morgan fingerprint density at radius 1 is 1.28 bits per heavy atom. The molecule has 7 nitrogen and oxygen atoms in total. The number of carbonyl (C=O) groups is 2. The molecule has 2 bridgehead atoms. The molecule has 25 heavy (non-hydrogen) atoms. The van der Waals surface area contributed by atoms with E-state index < -0.39 is 0 Å². The molecular weight excluding hydrogens is 320 g/mol. The molecule has 2 amide bonds. The molecule has 1 aliphatic carbocycles. The first-order valence-electron chi connectivity index (χ1n) is 9.34. The second kappa shape index (κ2) is 6.78. The predicted molar refractivity (Wildman–Crippen MR) is 91.2 cm³/mol. The van der Waals surface area contributed by atoms with Gasteiger partial charge in [0.25, 0.3) is 5.91 Å². The first-order valence-corrected chi connectivity index (χ1v) is 9.34. The molecule has 3 aliphatic heterocycles. The molecule has 0 aromatic carbocycles. The van der Waals surface area contributed by atoms with Gasteiger partial charge in [-0.25, -0.2) is 0 Å². The molecule has 4 heterocycles. The first-order chi connectivity index (χ1) is 12.2. The van der Waals surface area contributed by atoms with Crippen LogP contribution < -0.4 is 0 Å². The summed E-state index contributed by atoms with van der Waals surface area (Å²) in [6, 6.07) is 0.0973. The highest BCUT2D eigenvalue weighted by Gasteiger charge is 2.42. The van der Waals surface area contributed by atoms with Crippen molar-refractivity contribution in [3.8, 4) is 0 Å². The van der Waals surface area contributed by atoms with Gasteiger partial charge in [0, 0.05) is 44.0 Å². The Balaban J connectivity index is 1.55. The van der Waals surface area contributed by atoms with E-state index in [0.717, 1.165) is 49.8 Å². The van der Waals surface area contributed by atoms with Gasteiger partial charge in [-0.05, 0) is 38.5 Å². The lowest BCUT2D eigenvalue weighted by Crippen LogP contribution is -2.49. The van der Waals surface area contributed by atoms with Gasteiger partial charge in [-0.1, -0.05) is 0 Å². The number of carbonyl (C=O) groups excluding carboxylic acids is 2. The second-order valence-electron chi connectivity index (χ2n) is 7.40. The van der Waals surface area contributed by atoms with Gasteiger partial charge in [-0.3, -0.25) is 14.7 Å². The molecule has 0 saturated carbocycles. The van der Waals surface area contributed by atoms with Gasteiger partial charge in [-0.15, -0.1) is 0 Å². The molecule has 3 saturated heterocycles. The summed E-state index contributed by atoms with van der Waals surface area (Å²) >= 11 is 0. The first kappa shape index (κ1) is 16.6. The topological polar surface area (TPSA) is 78.5 Å². The lowest BCUT2D eigenvalue weighted by Gasteiger charge is -2.35. The monoisotopic (exact) mass is 346 g/mol. The van der Waals surface area contributed by atoms with Crippen LogP contribution in [-0.4, -0.2) is 71.2 Å². The van der Waals surface area contributed by atoms with Gasteiger partial charge < -0.3 is 14.5 Å². The van der Waals surface area contributed by atoms with Gasteiger partial charge in [0.15, 0.2) is 5.69 Å². The van der Waals surface area contributed by atoms with E-state index in [-0.39, 0.29) is 23.8 Å². The lowest BCUT2D eigenvalue weighted by molar-refractivity contribution is -0.140. The molecule has 2 atom stereocenters. The van der Waals surface area contributed by atoms with Crippen LogP contribution in [0.5, 0.6) is 0 Å². The molecule has 3 fully saturated rings. The molecule has 1 aromatic heterocycles. The van der Waals surface area contributed by atoms with E-state index in [1.165, 1.54) is 0 Å². The number of aromatic amines is 1. The van der Waals surface area contributed by atoms with Gasteiger partial charge in [0.1, 0.15) is 0 Å². The minimum atomic E-state index is -0.0886. The summed E-state index contributed by atoms with van der Waals surface area (Å²) in [6.45, 7) is 2.26. The Kier molecular flexibility index (Phi) is 4.50. The zero-order chi connectivity index (χ0) is 17.4. The van der Waals surface area contributed by atoms with Crippen molar-refractivity contribution in [1.82, 2.24) is 20.0 Å². The molecular formula is C18H26N4O3. The summed E-state index contributed by atoms with van der Waals surface area (Å²) in [5.74, 6) is 0.0691. The summed E-state index contributed by atoms with van der Waals surface area (Å²) in [7, 11) is 1.65. The molecule has 136 valence electrons. The normalized spacial score (nSPS) is 25.9. The third-order valence-electron chi connectivity index (χ3n) is 5.88. The predicted octanol–water partition coefficient (Wildman–Crippen LogP) is 0.998. The number of hydrogen-bond acceptors (Lipinski definition) is 4. The van der Waals surface area contributed by atoms with Crippen LogP contribution in [0.25, 0.3) is 0 Å². The van der Waals surface area contributed by atoms with Crippen molar-refractivity contribution in [3.63, 3.8) is 0 Å². The Morgan fingerprint density at radius 3 is 2.96 bits per heavy atom. The summed E-state index contributed by atoms with van der Waals surface area (Å²) in [6.07, 6.45) is 6.00. The van der Waals surface area contributed by atoms with Crippen LogP contribution in [0.1, 0.15) is 47.4 Å². The maximum Gasteiger partial charge on any atom is 0.274 e. The van der Waals surface area contributed by atoms with E-state index in [1.807, 2.05) is 9.80 Å². The number of fused-ring (bicyclic) bond motifs is 5. The van der Waals surface area contributed by atoms with Crippen molar-refractivity contribution in [2.75, 3.05) is 33.4 Å². The number of ether oxygens (including phenoxy) is 1. The van der Waals surface area contributed by atoms with Crippen LogP contribution in [-0.2, 0) is 22.4 Å². The molecule has 4 aliphatic rings. The van der Waals surface area contributed by atoms with Crippen molar-refractivity contribution < 1.29 is 14.3 Å². The number of methoxy groups -OCH3 is 1. The average Bonchev–Trinajstić information content (AvgIpc) is 2.87. The smallest absolute Gasteiger partial charge is 0.274 e. The van der Waals surface area contributed by atoms with Crippen molar-refractivity contribution in [2.45, 2.75) is 44.6 Å². The quantitative estimate of drug-likeness (QED) is 0.882. The standard InChI is InChI=1S/C18H26N4O3/c1-25-9-8-22-13-7-6-12(17(22)23)10-21(11-13)18(24)16-14-4-2-3-5-15(14)19-20-16/h12-13H,2-11H2,1H3,(H,19,20)/t12-,13+/m1/s1. The number of H-pyrrole nitrogens is 1. The van der Waals surface area contributed by atoms with E-state index in [0.29, 0.717) is 31.9 Å². The Hall–Kier alpha value is -1.89. The molecule has 1 aromatic rings. The number of amides is 2. The highest BCUT2D eigenvalue weighted by molar-refractivity contribution is 5.95. The van der Waals surface area contributed by atoms with Crippen molar-refractivity contribution >= 4 is 11.8 Å². The van der Waals surface area contributed by atoms with Gasteiger partial charge in [0.05, 0.1) is 12.5 Å². The number of aryl methyl sites for hydroxylation is 1.